The predicted octanol–water partition coefficient (Wildman–Crippen LogP) is 0.584. The summed E-state index contributed by atoms with van der Waals surface area (Å²) >= 11 is 0. The molecule has 1 aliphatic heterocycles. The molecule has 0 amide bonds. The first kappa shape index (κ1) is 10.4. The maximum atomic E-state index is 9.89. The molecule has 1 aliphatic carbocycles. The highest BCUT2D eigenvalue weighted by Crippen LogP contribution is 2.26. The molecule has 3 atom stereocenters. The third-order valence-electron chi connectivity index (χ3n) is 3.74. The van der Waals surface area contributed by atoms with Crippen LogP contribution in [0.15, 0.2) is 0 Å². The molecule has 1 heterocycles. The van der Waals surface area contributed by atoms with E-state index in [0.717, 1.165) is 26.1 Å². The zero-order valence-electron chi connectivity index (χ0n) is 9.08. The fourth-order valence-corrected chi connectivity index (χ4v) is 2.99. The number of nitrogens with zero attached hydrogens (tertiary/aromatic N) is 1. The lowest BCUT2D eigenvalue weighted by Crippen LogP contribution is -2.47. The van der Waals surface area contributed by atoms with Crippen LogP contribution in [0.1, 0.15) is 32.6 Å². The lowest BCUT2D eigenvalue weighted by atomic mass is 10.1. The molecule has 0 aromatic carbocycles. The number of hydrogen-bond donors (Lipinski definition) is 2. The highest BCUT2D eigenvalue weighted by Gasteiger charge is 2.34. The normalized spacial score (nSPS) is 38.4. The van der Waals surface area contributed by atoms with E-state index in [-0.39, 0.29) is 6.10 Å². The minimum Gasteiger partial charge on any atom is -0.391 e. The van der Waals surface area contributed by atoms with Gasteiger partial charge in [0.25, 0.3) is 0 Å². The topological polar surface area (TPSA) is 35.5 Å². The number of rotatable bonds is 3. The Bertz CT molecular complexity index is 180. The Morgan fingerprint density at radius 2 is 2.21 bits per heavy atom. The van der Waals surface area contributed by atoms with Crippen LogP contribution in [0.5, 0.6) is 0 Å². The molecule has 3 heteroatoms. The van der Waals surface area contributed by atoms with E-state index >= 15 is 0 Å². The van der Waals surface area contributed by atoms with E-state index in [1.807, 2.05) is 0 Å². The van der Waals surface area contributed by atoms with E-state index < -0.39 is 0 Å². The summed E-state index contributed by atoms with van der Waals surface area (Å²) in [6.45, 7) is 5.54. The van der Waals surface area contributed by atoms with Gasteiger partial charge in [-0.05, 0) is 38.8 Å². The van der Waals surface area contributed by atoms with Crippen molar-refractivity contribution in [2.45, 2.75) is 50.8 Å². The maximum absolute atomic E-state index is 9.89. The van der Waals surface area contributed by atoms with E-state index in [0.29, 0.717) is 12.1 Å². The molecular weight excluding hydrogens is 176 g/mol. The summed E-state index contributed by atoms with van der Waals surface area (Å²) in [5.74, 6) is 0. The summed E-state index contributed by atoms with van der Waals surface area (Å²) in [4.78, 5) is 2.51. The molecule has 2 N–H and O–H groups in total. The second-order valence-corrected chi connectivity index (χ2v) is 4.54. The lowest BCUT2D eigenvalue weighted by Gasteiger charge is -2.34. The van der Waals surface area contributed by atoms with Gasteiger partial charge < -0.3 is 10.4 Å². The Morgan fingerprint density at radius 1 is 1.36 bits per heavy atom. The van der Waals surface area contributed by atoms with Crippen LogP contribution >= 0.6 is 0 Å². The average Bonchev–Trinajstić information content (AvgIpc) is 2.80. The van der Waals surface area contributed by atoms with Crippen molar-refractivity contribution in [2.24, 2.45) is 0 Å². The third-order valence-corrected chi connectivity index (χ3v) is 3.74. The Labute approximate surface area is 86.5 Å². The highest BCUT2D eigenvalue weighted by atomic mass is 16.3. The van der Waals surface area contributed by atoms with Gasteiger partial charge in [-0.3, -0.25) is 4.90 Å². The van der Waals surface area contributed by atoms with Crippen molar-refractivity contribution in [3.05, 3.63) is 0 Å². The molecule has 2 fully saturated rings. The molecule has 3 unspecified atom stereocenters. The van der Waals surface area contributed by atoms with Crippen LogP contribution in [-0.4, -0.2) is 47.8 Å². The summed E-state index contributed by atoms with van der Waals surface area (Å²) in [7, 11) is 0. The van der Waals surface area contributed by atoms with Gasteiger partial charge >= 0.3 is 0 Å². The van der Waals surface area contributed by atoms with Gasteiger partial charge in [-0.25, -0.2) is 0 Å². The number of aliphatic hydroxyl groups excluding tert-OH is 1. The van der Waals surface area contributed by atoms with Crippen molar-refractivity contribution >= 4 is 0 Å². The van der Waals surface area contributed by atoms with Gasteiger partial charge in [0.2, 0.25) is 0 Å². The molecule has 0 aromatic heterocycles. The molecule has 0 bridgehead atoms. The van der Waals surface area contributed by atoms with Gasteiger partial charge in [0, 0.05) is 18.6 Å². The van der Waals surface area contributed by atoms with Crippen LogP contribution in [0.25, 0.3) is 0 Å². The van der Waals surface area contributed by atoms with E-state index in [1.165, 1.54) is 19.3 Å². The molecule has 1 saturated heterocycles. The quantitative estimate of drug-likeness (QED) is 0.696. The number of aliphatic hydroxyl groups is 1. The summed E-state index contributed by atoms with van der Waals surface area (Å²) < 4.78 is 0. The molecular formula is C11H22N2O. The second-order valence-electron chi connectivity index (χ2n) is 4.54. The van der Waals surface area contributed by atoms with Gasteiger partial charge in [-0.2, -0.15) is 0 Å². The third kappa shape index (κ3) is 1.95. The first-order valence-corrected chi connectivity index (χ1v) is 5.97. The van der Waals surface area contributed by atoms with Crippen molar-refractivity contribution in [1.29, 1.82) is 0 Å². The van der Waals surface area contributed by atoms with Crippen LogP contribution in [0.3, 0.4) is 0 Å². The minimum absolute atomic E-state index is 0.0736. The predicted molar refractivity (Wildman–Crippen MR) is 57.3 cm³/mol. The van der Waals surface area contributed by atoms with Crippen LogP contribution < -0.4 is 5.32 Å². The Hall–Kier alpha value is -0.120. The van der Waals surface area contributed by atoms with Gasteiger partial charge in [-0.15, -0.1) is 0 Å². The number of nitrogens with one attached hydrogen (secondary N) is 1. The number of hydrogen-bond acceptors (Lipinski definition) is 3. The molecule has 0 radical (unpaired) electrons. The first-order valence-electron chi connectivity index (χ1n) is 5.97. The summed E-state index contributed by atoms with van der Waals surface area (Å²) in [6.07, 6.45) is 4.56. The standard InChI is InChI=1S/C11H22N2O/c1-2-13(9-6-7-12-8-9)10-4-3-5-11(10)14/h9-12,14H,2-8H2,1H3. The fraction of sp³-hybridized carbons (Fsp3) is 1.00. The molecule has 0 aromatic rings. The van der Waals surface area contributed by atoms with Crippen molar-refractivity contribution in [3.63, 3.8) is 0 Å². The van der Waals surface area contributed by atoms with Gasteiger partial charge in [0.15, 0.2) is 0 Å². The van der Waals surface area contributed by atoms with Crippen molar-refractivity contribution in [2.75, 3.05) is 19.6 Å². The summed E-state index contributed by atoms with van der Waals surface area (Å²) in [5, 5.41) is 13.3. The second kappa shape index (κ2) is 4.60. The van der Waals surface area contributed by atoms with Crippen molar-refractivity contribution < 1.29 is 5.11 Å². The highest BCUT2D eigenvalue weighted by molar-refractivity contribution is 4.90. The fourth-order valence-electron chi connectivity index (χ4n) is 2.99. The molecule has 1 saturated carbocycles. The van der Waals surface area contributed by atoms with Gasteiger partial charge in [-0.1, -0.05) is 6.92 Å². The number of likely N-dealkylation sites (N-methyl/N-ethyl adjacent to an activating group) is 1. The van der Waals surface area contributed by atoms with E-state index in [1.54, 1.807) is 0 Å². The lowest BCUT2D eigenvalue weighted by molar-refractivity contribution is 0.0513. The Balaban J connectivity index is 1.96. The molecule has 3 nitrogen and oxygen atoms in total. The first-order chi connectivity index (χ1) is 6.83. The van der Waals surface area contributed by atoms with Crippen molar-refractivity contribution in [3.8, 4) is 0 Å². The van der Waals surface area contributed by atoms with Crippen molar-refractivity contribution in [1.82, 2.24) is 10.2 Å². The Kier molecular flexibility index (Phi) is 3.42. The zero-order chi connectivity index (χ0) is 9.97. The van der Waals surface area contributed by atoms with E-state index in [4.69, 9.17) is 0 Å². The minimum atomic E-state index is -0.0736. The zero-order valence-corrected chi connectivity index (χ0v) is 9.08. The largest absolute Gasteiger partial charge is 0.391 e. The summed E-state index contributed by atoms with van der Waals surface area (Å²) in [6, 6.07) is 1.10. The Morgan fingerprint density at radius 3 is 2.71 bits per heavy atom. The maximum Gasteiger partial charge on any atom is 0.0695 e. The van der Waals surface area contributed by atoms with Crippen LogP contribution in [-0.2, 0) is 0 Å². The molecule has 2 aliphatic rings. The molecule has 2 rings (SSSR count). The van der Waals surface area contributed by atoms with E-state index in [9.17, 15) is 5.11 Å². The van der Waals surface area contributed by atoms with Crippen LogP contribution in [0.2, 0.25) is 0 Å². The summed E-state index contributed by atoms with van der Waals surface area (Å²) in [5.41, 5.74) is 0. The van der Waals surface area contributed by atoms with Gasteiger partial charge in [0.05, 0.1) is 6.10 Å². The van der Waals surface area contributed by atoms with Crippen LogP contribution in [0, 0.1) is 0 Å². The van der Waals surface area contributed by atoms with Crippen LogP contribution in [0.4, 0.5) is 0 Å². The van der Waals surface area contributed by atoms with E-state index in [2.05, 4.69) is 17.1 Å². The monoisotopic (exact) mass is 198 g/mol. The van der Waals surface area contributed by atoms with Gasteiger partial charge in [0.1, 0.15) is 0 Å². The smallest absolute Gasteiger partial charge is 0.0695 e. The SMILES string of the molecule is CCN(C1CCNC1)C1CCCC1O. The average molecular weight is 198 g/mol. The molecule has 14 heavy (non-hydrogen) atoms. The molecule has 82 valence electrons. The molecule has 0 spiro atoms.